The fourth-order valence-electron chi connectivity index (χ4n) is 4.35. The molecule has 0 saturated carbocycles. The lowest BCUT2D eigenvalue weighted by atomic mass is 10.1. The number of aromatic nitrogens is 9. The van der Waals surface area contributed by atoms with Gasteiger partial charge in [0.25, 0.3) is 11.7 Å². The number of nitrogens with zero attached hydrogens (tertiary/aromatic N) is 10. The lowest BCUT2D eigenvalue weighted by molar-refractivity contribution is -0.126. The van der Waals surface area contributed by atoms with Crippen LogP contribution in [-0.2, 0) is 4.79 Å². The molecular formula is C25H25N11O3. The third-order valence-corrected chi connectivity index (χ3v) is 6.28. The van der Waals surface area contributed by atoms with Crippen molar-refractivity contribution in [2.24, 2.45) is 0 Å². The van der Waals surface area contributed by atoms with E-state index in [1.165, 1.54) is 29.0 Å². The number of methoxy groups -OCH3 is 1. The summed E-state index contributed by atoms with van der Waals surface area (Å²) >= 11 is 0. The van der Waals surface area contributed by atoms with Gasteiger partial charge in [0.1, 0.15) is 17.9 Å². The second kappa shape index (κ2) is 9.63. The fourth-order valence-corrected chi connectivity index (χ4v) is 4.35. The Morgan fingerprint density at radius 2 is 1.90 bits per heavy atom. The fraction of sp³-hybridized carbons (Fsp3) is 0.280. The first-order valence-corrected chi connectivity index (χ1v) is 11.8. The zero-order valence-electron chi connectivity index (χ0n) is 27.8. The number of H-pyrrole nitrogens is 1. The minimum absolute atomic E-state index is 0.0449. The quantitative estimate of drug-likeness (QED) is 0.249. The minimum Gasteiger partial charge on any atom is -0.494 e. The lowest BCUT2D eigenvalue weighted by Crippen LogP contribution is -2.51. The van der Waals surface area contributed by atoms with Gasteiger partial charge in [-0.3, -0.25) is 9.59 Å². The normalized spacial score (nSPS) is 16.6. The van der Waals surface area contributed by atoms with Crippen LogP contribution in [0.2, 0.25) is 0 Å². The first-order chi connectivity index (χ1) is 21.8. The first kappa shape index (κ1) is 17.4. The molecule has 1 fully saturated rings. The second-order valence-corrected chi connectivity index (χ2v) is 8.71. The van der Waals surface area contributed by atoms with Crippen molar-refractivity contribution < 1.29 is 23.9 Å². The highest BCUT2D eigenvalue weighted by atomic mass is 16.5. The van der Waals surface area contributed by atoms with Gasteiger partial charge in [0.2, 0.25) is 5.95 Å². The molecule has 6 rings (SSSR count). The first-order valence-electron chi connectivity index (χ1n) is 15.3. The van der Waals surface area contributed by atoms with E-state index in [0.29, 0.717) is 5.82 Å². The molecule has 198 valence electrons. The van der Waals surface area contributed by atoms with Gasteiger partial charge >= 0.3 is 0 Å². The highest BCUT2D eigenvalue weighted by molar-refractivity contribution is 6.45. The Kier molecular flexibility index (Phi) is 4.29. The second-order valence-electron chi connectivity index (χ2n) is 8.71. The molecule has 14 heteroatoms. The molecule has 4 aromatic heterocycles. The number of ether oxygens (including phenoxy) is 1. The molecule has 1 aliphatic heterocycles. The van der Waals surface area contributed by atoms with Crippen molar-refractivity contribution in [3.05, 3.63) is 59.8 Å². The molecule has 0 spiro atoms. The summed E-state index contributed by atoms with van der Waals surface area (Å²) < 4.78 is 63.4. The molecule has 5 aromatic rings. The molecular weight excluding hydrogens is 502 g/mol. The summed E-state index contributed by atoms with van der Waals surface area (Å²) in [5.74, 6) is -1.17. The monoisotopic (exact) mass is 534 g/mol. The van der Waals surface area contributed by atoms with Crippen LogP contribution >= 0.6 is 0 Å². The van der Waals surface area contributed by atoms with Crippen LogP contribution in [-0.4, -0.2) is 94.7 Å². The number of benzene rings is 1. The van der Waals surface area contributed by atoms with E-state index >= 15 is 0 Å². The minimum atomic E-state index is -2.86. The number of nitrogens with one attached hydrogen (secondary N) is 1. The Balaban J connectivity index is 1.26. The third kappa shape index (κ3) is 4.24. The number of rotatable bonds is 6. The summed E-state index contributed by atoms with van der Waals surface area (Å²) in [6, 6.07) is -1.03. The summed E-state index contributed by atoms with van der Waals surface area (Å²) in [5, 5.41) is 15.9. The number of aromatic amines is 1. The van der Waals surface area contributed by atoms with Crippen molar-refractivity contribution in [2.75, 3.05) is 38.1 Å². The summed E-state index contributed by atoms with van der Waals surface area (Å²) in [7, 11) is -2.86. The number of carbonyl (C=O) groups is 2. The molecule has 1 saturated heterocycles. The number of aryl methyl sites for hydroxylation is 1. The Bertz CT molecular complexity index is 1980. The zero-order valence-corrected chi connectivity index (χ0v) is 20.8. The number of piperazine rings is 1. The van der Waals surface area contributed by atoms with Gasteiger partial charge in [0, 0.05) is 32.4 Å². The molecule has 1 aliphatic rings. The molecule has 5 heterocycles. The van der Waals surface area contributed by atoms with Crippen LogP contribution in [0.15, 0.2) is 42.9 Å². The number of Topliss-reactive ketones (excluding diaryl/α,β-unsaturated/α-hetero) is 1. The van der Waals surface area contributed by atoms with E-state index in [0.717, 1.165) is 10.9 Å². The van der Waals surface area contributed by atoms with E-state index in [2.05, 4.69) is 35.6 Å². The Hall–Kier alpha value is -5.14. The largest absolute Gasteiger partial charge is 0.494 e. The van der Waals surface area contributed by atoms with Gasteiger partial charge in [-0.25, -0.2) is 14.6 Å². The molecule has 39 heavy (non-hydrogen) atoms. The van der Waals surface area contributed by atoms with E-state index < -0.39 is 18.7 Å². The molecule has 1 aromatic carbocycles. The van der Waals surface area contributed by atoms with Crippen LogP contribution in [0.3, 0.4) is 0 Å². The number of hydrogen-bond acceptors (Lipinski definition) is 10. The van der Waals surface area contributed by atoms with Crippen LogP contribution in [0.25, 0.3) is 22.4 Å². The van der Waals surface area contributed by atoms with E-state index in [-0.39, 0.29) is 95.6 Å². The van der Waals surface area contributed by atoms with Crippen LogP contribution < -0.4 is 9.64 Å². The van der Waals surface area contributed by atoms with Crippen molar-refractivity contribution in [3.63, 3.8) is 0 Å². The molecule has 0 aliphatic carbocycles. The van der Waals surface area contributed by atoms with Crippen LogP contribution in [0.5, 0.6) is 5.75 Å². The number of pyridine rings is 1. The predicted octanol–water partition coefficient (Wildman–Crippen LogP) is 1.28. The Morgan fingerprint density at radius 3 is 2.62 bits per heavy atom. The van der Waals surface area contributed by atoms with Crippen molar-refractivity contribution >= 4 is 28.5 Å². The van der Waals surface area contributed by atoms with Gasteiger partial charge in [-0.2, -0.15) is 9.78 Å². The van der Waals surface area contributed by atoms with Gasteiger partial charge in [0.05, 0.1) is 45.0 Å². The van der Waals surface area contributed by atoms with Crippen molar-refractivity contribution in [1.29, 1.82) is 0 Å². The van der Waals surface area contributed by atoms with Gasteiger partial charge in [-0.1, -0.05) is 22.7 Å². The van der Waals surface area contributed by atoms with Crippen molar-refractivity contribution in [2.45, 2.75) is 13.8 Å². The number of amides is 1. The summed E-state index contributed by atoms with van der Waals surface area (Å²) in [6.45, 7) is 3.67. The lowest BCUT2D eigenvalue weighted by Gasteiger charge is -2.34. The maximum Gasteiger partial charge on any atom is 0.295 e. The van der Waals surface area contributed by atoms with Gasteiger partial charge in [-0.05, 0) is 36.4 Å². The predicted molar refractivity (Wildman–Crippen MR) is 139 cm³/mol. The average Bonchev–Trinajstić information content (AvgIpc) is 3.79. The standard InChI is InChI=1S/C25H25N11O3/c1-15-4-6-17(7-5-15)36-25(29-31-32-36)34-10-8-33(9-11-34)24(38)22(37)18-12-26-21-20(18)19(39-3)13-27-23(21)35-14-28-16(2)30-35/h4-7,12-14,26H,8-11H2,1-3H3/i3D3,4D,5D,6D,7D. The molecule has 14 nitrogen and oxygen atoms in total. The van der Waals surface area contributed by atoms with Crippen LogP contribution in [0, 0.1) is 13.8 Å². The van der Waals surface area contributed by atoms with Gasteiger partial charge in [0.15, 0.2) is 5.82 Å². The van der Waals surface area contributed by atoms with E-state index in [4.69, 9.17) is 14.3 Å². The summed E-state index contributed by atoms with van der Waals surface area (Å²) in [5.41, 5.74) is 0.177. The van der Waals surface area contributed by atoms with E-state index in [9.17, 15) is 9.59 Å². The number of ketones is 1. The summed E-state index contributed by atoms with van der Waals surface area (Å²) in [6.07, 6.45) is 3.83. The smallest absolute Gasteiger partial charge is 0.295 e. The maximum atomic E-state index is 13.6. The molecule has 0 bridgehead atoms. The Labute approximate surface area is 232 Å². The van der Waals surface area contributed by atoms with Gasteiger partial charge < -0.3 is 19.5 Å². The average molecular weight is 535 g/mol. The molecule has 0 atom stereocenters. The molecule has 0 unspecified atom stereocenters. The van der Waals surface area contributed by atoms with Crippen molar-refractivity contribution in [1.82, 2.24) is 49.8 Å². The number of tetrazole rings is 1. The van der Waals surface area contributed by atoms with Crippen molar-refractivity contribution in [3.8, 4) is 17.3 Å². The maximum absolute atomic E-state index is 13.6. The number of carbonyl (C=O) groups excluding carboxylic acids is 2. The van der Waals surface area contributed by atoms with E-state index in [1.807, 2.05) is 0 Å². The number of hydrogen-bond donors (Lipinski definition) is 1. The third-order valence-electron chi connectivity index (χ3n) is 6.28. The highest BCUT2D eigenvalue weighted by Gasteiger charge is 2.31. The van der Waals surface area contributed by atoms with Crippen LogP contribution in [0.4, 0.5) is 5.95 Å². The van der Waals surface area contributed by atoms with Gasteiger partial charge in [-0.15, -0.1) is 0 Å². The SMILES string of the molecule is [2H]c1c([2H])c(-n2nnnc2N2CCN(C(=O)C(=O)c3c[nH]c4c(-n5cnc(C)n5)ncc(OC([2H])([2H])[2H])c34)CC2)c([2H])c([2H])c1C. The molecule has 1 N–H and O–H groups in total. The topological polar surface area (TPSA) is 153 Å². The Morgan fingerprint density at radius 1 is 1.10 bits per heavy atom. The number of fused-ring (bicyclic) bond motifs is 1. The number of anilines is 1. The zero-order chi connectivity index (χ0) is 33.1. The van der Waals surface area contributed by atoms with E-state index in [1.54, 1.807) is 11.8 Å². The molecule has 1 amide bonds. The van der Waals surface area contributed by atoms with Crippen LogP contribution in [0.1, 0.15) is 31.3 Å². The highest BCUT2D eigenvalue weighted by Crippen LogP contribution is 2.32. The molecule has 0 radical (unpaired) electrons. The summed E-state index contributed by atoms with van der Waals surface area (Å²) in [4.78, 5) is 41.4.